The number of aromatic nitrogens is 1. The number of carbonyl (C=O) groups is 1. The predicted molar refractivity (Wildman–Crippen MR) is 108 cm³/mol. The molecule has 4 nitrogen and oxygen atoms in total. The summed E-state index contributed by atoms with van der Waals surface area (Å²) in [6.45, 7) is 1.89. The van der Waals surface area contributed by atoms with Crippen molar-refractivity contribution in [1.29, 1.82) is 0 Å². The molecule has 1 N–H and O–H groups in total. The van der Waals surface area contributed by atoms with E-state index in [1.54, 1.807) is 30.5 Å². The van der Waals surface area contributed by atoms with Crippen LogP contribution in [0.3, 0.4) is 0 Å². The van der Waals surface area contributed by atoms with Crippen LogP contribution in [0.15, 0.2) is 66.9 Å². The fraction of sp³-hybridized carbons (Fsp3) is 0.217. The quantitative estimate of drug-likeness (QED) is 0.731. The van der Waals surface area contributed by atoms with Crippen LogP contribution < -0.4 is 5.32 Å². The Morgan fingerprint density at radius 2 is 1.86 bits per heavy atom. The number of nitrogens with one attached hydrogen (secondary N) is 1. The van der Waals surface area contributed by atoms with Gasteiger partial charge in [0, 0.05) is 31.4 Å². The van der Waals surface area contributed by atoms with E-state index < -0.39 is 0 Å². The first kappa shape index (κ1) is 18.2. The third-order valence-corrected chi connectivity index (χ3v) is 5.08. The number of carbonyl (C=O) groups excluding carboxylic acids is 1. The molecule has 4 rings (SSSR count). The van der Waals surface area contributed by atoms with Crippen molar-refractivity contribution in [3.8, 4) is 0 Å². The zero-order valence-electron chi connectivity index (χ0n) is 15.6. The lowest BCUT2D eigenvalue weighted by molar-refractivity contribution is 0.0734. The van der Waals surface area contributed by atoms with Gasteiger partial charge in [0.25, 0.3) is 5.91 Å². The van der Waals surface area contributed by atoms with Crippen molar-refractivity contribution < 1.29 is 9.18 Å². The molecule has 1 aromatic heterocycles. The zero-order valence-corrected chi connectivity index (χ0v) is 15.6. The number of amides is 1. The average molecular weight is 375 g/mol. The maximum Gasteiger partial charge on any atom is 0.254 e. The summed E-state index contributed by atoms with van der Waals surface area (Å²) in [5.41, 5.74) is 3.80. The van der Waals surface area contributed by atoms with Crippen molar-refractivity contribution in [2.24, 2.45) is 0 Å². The van der Waals surface area contributed by atoms with E-state index in [1.165, 1.54) is 17.2 Å². The molecule has 1 amide bonds. The van der Waals surface area contributed by atoms with E-state index in [9.17, 15) is 9.18 Å². The largest absolute Gasteiger partial charge is 0.370 e. The van der Waals surface area contributed by atoms with Crippen LogP contribution in [0, 0.1) is 5.82 Å². The lowest BCUT2D eigenvalue weighted by Gasteiger charge is -2.29. The first-order valence-corrected chi connectivity index (χ1v) is 9.50. The van der Waals surface area contributed by atoms with Crippen molar-refractivity contribution in [2.75, 3.05) is 18.4 Å². The van der Waals surface area contributed by atoms with Gasteiger partial charge in [-0.3, -0.25) is 4.79 Å². The van der Waals surface area contributed by atoms with Crippen LogP contribution >= 0.6 is 0 Å². The highest BCUT2D eigenvalue weighted by atomic mass is 19.1. The van der Waals surface area contributed by atoms with E-state index in [2.05, 4.69) is 22.4 Å². The Bertz CT molecular complexity index is 989. The number of hydrogen-bond acceptors (Lipinski definition) is 3. The van der Waals surface area contributed by atoms with Gasteiger partial charge in [-0.2, -0.15) is 0 Å². The second-order valence-electron chi connectivity index (χ2n) is 6.94. The molecule has 142 valence electrons. The minimum atomic E-state index is -0.202. The van der Waals surface area contributed by atoms with E-state index >= 15 is 0 Å². The average Bonchev–Trinajstić information content (AvgIpc) is 2.74. The predicted octanol–water partition coefficient (Wildman–Crippen LogP) is 4.07. The summed E-state index contributed by atoms with van der Waals surface area (Å²) in [6, 6.07) is 18.5. The number of benzene rings is 2. The molecule has 3 aromatic rings. The van der Waals surface area contributed by atoms with Crippen LogP contribution in [0.4, 0.5) is 10.2 Å². The first-order valence-electron chi connectivity index (χ1n) is 9.50. The molecule has 1 aliphatic heterocycles. The lowest BCUT2D eigenvalue weighted by atomic mass is 9.99. The van der Waals surface area contributed by atoms with E-state index in [0.717, 1.165) is 6.42 Å². The molecule has 0 saturated heterocycles. The van der Waals surface area contributed by atoms with E-state index in [4.69, 9.17) is 0 Å². The topological polar surface area (TPSA) is 45.2 Å². The summed E-state index contributed by atoms with van der Waals surface area (Å²) in [6.07, 6.45) is 3.06. The highest BCUT2D eigenvalue weighted by molar-refractivity contribution is 5.95. The number of hydrogen-bond donors (Lipinski definition) is 1. The number of pyridine rings is 1. The van der Waals surface area contributed by atoms with Gasteiger partial charge in [0.1, 0.15) is 11.6 Å². The van der Waals surface area contributed by atoms with Crippen LogP contribution in [0.2, 0.25) is 0 Å². The molecular weight excluding hydrogens is 353 g/mol. The van der Waals surface area contributed by atoms with E-state index in [0.29, 0.717) is 43.0 Å². The number of anilines is 1. The third kappa shape index (κ3) is 4.03. The molecule has 0 unspecified atom stereocenters. The lowest BCUT2D eigenvalue weighted by Crippen LogP contribution is -2.36. The molecule has 0 aliphatic carbocycles. The minimum Gasteiger partial charge on any atom is -0.370 e. The number of halogens is 1. The van der Waals surface area contributed by atoms with Crippen LogP contribution in [0.5, 0.6) is 0 Å². The van der Waals surface area contributed by atoms with E-state index in [-0.39, 0.29) is 11.7 Å². The van der Waals surface area contributed by atoms with Crippen molar-refractivity contribution in [3.05, 3.63) is 94.9 Å². The molecule has 5 heteroatoms. The van der Waals surface area contributed by atoms with Crippen molar-refractivity contribution in [1.82, 2.24) is 9.88 Å². The van der Waals surface area contributed by atoms with Gasteiger partial charge < -0.3 is 10.2 Å². The maximum absolute atomic E-state index is 13.7. The van der Waals surface area contributed by atoms with Crippen molar-refractivity contribution >= 4 is 11.7 Å². The highest BCUT2D eigenvalue weighted by Crippen LogP contribution is 2.21. The van der Waals surface area contributed by atoms with E-state index in [1.807, 2.05) is 23.1 Å². The van der Waals surface area contributed by atoms with Gasteiger partial charge in [0.2, 0.25) is 0 Å². The fourth-order valence-electron chi connectivity index (χ4n) is 3.54. The van der Waals surface area contributed by atoms with Gasteiger partial charge in [-0.15, -0.1) is 0 Å². The molecule has 0 saturated carbocycles. The number of rotatable bonds is 5. The Morgan fingerprint density at radius 1 is 1.07 bits per heavy atom. The fourth-order valence-corrected chi connectivity index (χ4v) is 3.54. The van der Waals surface area contributed by atoms with Gasteiger partial charge in [-0.25, -0.2) is 9.37 Å². The summed E-state index contributed by atoms with van der Waals surface area (Å²) < 4.78 is 13.7. The molecule has 1 aliphatic rings. The summed E-state index contributed by atoms with van der Waals surface area (Å²) in [7, 11) is 0. The molecule has 0 atom stereocenters. The van der Waals surface area contributed by atoms with Gasteiger partial charge in [0.05, 0.1) is 0 Å². The Labute approximate surface area is 164 Å². The molecule has 0 fully saturated rings. The molecular formula is C23H22FN3O. The normalized spacial score (nSPS) is 13.1. The van der Waals surface area contributed by atoms with Crippen LogP contribution in [-0.4, -0.2) is 28.9 Å². The second kappa shape index (κ2) is 8.21. The summed E-state index contributed by atoms with van der Waals surface area (Å²) in [4.78, 5) is 19.1. The summed E-state index contributed by atoms with van der Waals surface area (Å²) >= 11 is 0. The molecule has 28 heavy (non-hydrogen) atoms. The van der Waals surface area contributed by atoms with Crippen LogP contribution in [-0.2, 0) is 19.4 Å². The maximum atomic E-state index is 13.7. The summed E-state index contributed by atoms with van der Waals surface area (Å²) in [5, 5.41) is 3.19. The van der Waals surface area contributed by atoms with Crippen LogP contribution in [0.1, 0.15) is 27.0 Å². The molecule has 0 bridgehead atoms. The second-order valence-corrected chi connectivity index (χ2v) is 6.94. The molecule has 2 aromatic carbocycles. The van der Waals surface area contributed by atoms with Crippen molar-refractivity contribution in [2.45, 2.75) is 19.4 Å². The van der Waals surface area contributed by atoms with Gasteiger partial charge >= 0.3 is 0 Å². The van der Waals surface area contributed by atoms with Crippen molar-refractivity contribution in [3.63, 3.8) is 0 Å². The Morgan fingerprint density at radius 3 is 2.71 bits per heavy atom. The van der Waals surface area contributed by atoms with Crippen LogP contribution in [0.25, 0.3) is 0 Å². The smallest absolute Gasteiger partial charge is 0.254 e. The standard InChI is InChI=1S/C23H22FN3O/c24-21-8-4-3-6-18(21)9-12-25-22-15-19(10-13-26-22)23(28)27-14-11-17-5-1-2-7-20(17)16-27/h1-8,10,13,15H,9,11-12,14,16H2,(H,25,26). The van der Waals surface area contributed by atoms with Gasteiger partial charge in [-0.05, 0) is 47.7 Å². The monoisotopic (exact) mass is 375 g/mol. The molecule has 2 heterocycles. The number of nitrogens with zero attached hydrogens (tertiary/aromatic N) is 2. The SMILES string of the molecule is O=C(c1ccnc(NCCc2ccccc2F)c1)N1CCc2ccccc2C1. The first-order chi connectivity index (χ1) is 13.7. The molecule has 0 spiro atoms. The minimum absolute atomic E-state index is 0.00839. The Kier molecular flexibility index (Phi) is 5.33. The van der Waals surface area contributed by atoms with Gasteiger partial charge in [0.15, 0.2) is 0 Å². The Balaban J connectivity index is 1.39. The molecule has 0 radical (unpaired) electrons. The highest BCUT2D eigenvalue weighted by Gasteiger charge is 2.21. The summed E-state index contributed by atoms with van der Waals surface area (Å²) in [5.74, 6) is 0.431. The Hall–Kier alpha value is -3.21. The number of fused-ring (bicyclic) bond motifs is 1. The van der Waals surface area contributed by atoms with Gasteiger partial charge in [-0.1, -0.05) is 42.5 Å². The zero-order chi connectivity index (χ0) is 19.3. The third-order valence-electron chi connectivity index (χ3n) is 5.08.